The average Bonchev–Trinajstić information content (AvgIpc) is 3.25. The first-order chi connectivity index (χ1) is 16.0. The van der Waals surface area contributed by atoms with Crippen molar-refractivity contribution in [3.05, 3.63) is 95.7 Å². The van der Waals surface area contributed by atoms with Crippen molar-refractivity contribution in [2.45, 2.75) is 32.5 Å². The van der Waals surface area contributed by atoms with E-state index >= 15 is 0 Å². The Morgan fingerprint density at radius 3 is 2.15 bits per heavy atom. The molecule has 0 bridgehead atoms. The molecule has 176 valence electrons. The molecule has 0 aliphatic heterocycles. The smallest absolute Gasteiger partial charge is 0.417 e. The van der Waals surface area contributed by atoms with Crippen molar-refractivity contribution in [3.63, 3.8) is 0 Å². The van der Waals surface area contributed by atoms with Gasteiger partial charge in [0.15, 0.2) is 0 Å². The lowest BCUT2D eigenvalue weighted by molar-refractivity contribution is -0.137. The maximum atomic E-state index is 13.8. The third-order valence-corrected chi connectivity index (χ3v) is 5.85. The summed E-state index contributed by atoms with van der Waals surface area (Å²) in [7, 11) is 1.62. The van der Waals surface area contributed by atoms with Gasteiger partial charge in [-0.1, -0.05) is 42.0 Å². The van der Waals surface area contributed by atoms with Crippen molar-refractivity contribution in [3.8, 4) is 33.8 Å². The molecule has 0 saturated carbocycles. The molecular weight excluding hydrogens is 439 g/mol. The number of hydrogen-bond donors (Lipinski definition) is 1. The highest BCUT2D eigenvalue weighted by Gasteiger charge is 2.34. The Kier molecular flexibility index (Phi) is 6.04. The molecule has 0 radical (unpaired) electrons. The highest BCUT2D eigenvalue weighted by molar-refractivity contribution is 5.73. The Hall–Kier alpha value is -3.51. The number of alkyl halides is 3. The molecule has 34 heavy (non-hydrogen) atoms. The number of aliphatic hydroxyl groups is 1. The lowest BCUT2D eigenvalue weighted by atomic mass is 9.99. The van der Waals surface area contributed by atoms with Gasteiger partial charge in [-0.2, -0.15) is 13.2 Å². The zero-order valence-corrected chi connectivity index (χ0v) is 19.4. The van der Waals surface area contributed by atoms with Crippen molar-refractivity contribution in [2.75, 3.05) is 7.11 Å². The zero-order valence-electron chi connectivity index (χ0n) is 19.4. The van der Waals surface area contributed by atoms with Gasteiger partial charge < -0.3 is 14.4 Å². The molecule has 4 aromatic rings. The van der Waals surface area contributed by atoms with Crippen LogP contribution in [-0.2, 0) is 11.8 Å². The topological polar surface area (TPSA) is 34.4 Å². The molecule has 3 aromatic carbocycles. The largest absolute Gasteiger partial charge is 0.496 e. The first-order valence-corrected chi connectivity index (χ1v) is 10.9. The van der Waals surface area contributed by atoms with E-state index in [0.717, 1.165) is 28.5 Å². The van der Waals surface area contributed by atoms with Gasteiger partial charge in [-0.15, -0.1) is 0 Å². The summed E-state index contributed by atoms with van der Waals surface area (Å²) in [6.07, 6.45) is -2.82. The summed E-state index contributed by atoms with van der Waals surface area (Å²) in [5.74, 6) is 0.739. The van der Waals surface area contributed by atoms with Gasteiger partial charge in [0.2, 0.25) is 0 Å². The lowest BCUT2D eigenvalue weighted by Gasteiger charge is -2.16. The van der Waals surface area contributed by atoms with Crippen LogP contribution in [-0.4, -0.2) is 16.8 Å². The SMILES string of the molecule is COc1ccc(C)cc1-c1ccc(-n2cc(C(C)(C)O)cc2-c2ccccc2C(F)(F)F)cc1. The lowest BCUT2D eigenvalue weighted by Crippen LogP contribution is -2.14. The summed E-state index contributed by atoms with van der Waals surface area (Å²) >= 11 is 0. The number of methoxy groups -OCH3 is 1. The minimum absolute atomic E-state index is 0.0509. The monoisotopic (exact) mass is 465 g/mol. The van der Waals surface area contributed by atoms with Gasteiger partial charge in [0.05, 0.1) is 24.0 Å². The van der Waals surface area contributed by atoms with Gasteiger partial charge in [0.25, 0.3) is 0 Å². The van der Waals surface area contributed by atoms with E-state index in [-0.39, 0.29) is 5.56 Å². The van der Waals surface area contributed by atoms with Gasteiger partial charge in [0.1, 0.15) is 5.75 Å². The molecule has 4 rings (SSSR count). The van der Waals surface area contributed by atoms with Crippen LogP contribution in [0.2, 0.25) is 0 Å². The molecule has 0 atom stereocenters. The van der Waals surface area contributed by atoms with Gasteiger partial charge >= 0.3 is 6.18 Å². The predicted molar refractivity (Wildman–Crippen MR) is 128 cm³/mol. The summed E-state index contributed by atoms with van der Waals surface area (Å²) in [6, 6.07) is 20.5. The molecular formula is C28H26F3NO2. The van der Waals surface area contributed by atoms with Crippen LogP contribution in [0, 0.1) is 6.92 Å². The van der Waals surface area contributed by atoms with Crippen LogP contribution in [0.5, 0.6) is 5.75 Å². The molecule has 6 heteroatoms. The second kappa shape index (κ2) is 8.69. The quantitative estimate of drug-likeness (QED) is 0.334. The van der Waals surface area contributed by atoms with Crippen molar-refractivity contribution in [1.29, 1.82) is 0 Å². The zero-order chi connectivity index (χ0) is 24.7. The Morgan fingerprint density at radius 2 is 1.53 bits per heavy atom. The summed E-state index contributed by atoms with van der Waals surface area (Å²) in [5, 5.41) is 10.6. The van der Waals surface area contributed by atoms with Gasteiger partial charge in [-0.05, 0) is 62.7 Å². The van der Waals surface area contributed by atoms with Crippen molar-refractivity contribution < 1.29 is 23.0 Å². The Morgan fingerprint density at radius 1 is 0.853 bits per heavy atom. The number of benzene rings is 3. The Labute approximate surface area is 197 Å². The minimum atomic E-state index is -4.51. The minimum Gasteiger partial charge on any atom is -0.496 e. The first kappa shape index (κ1) is 23.6. The fourth-order valence-electron chi connectivity index (χ4n) is 4.02. The highest BCUT2D eigenvalue weighted by Crippen LogP contribution is 2.40. The van der Waals surface area contributed by atoms with E-state index in [1.54, 1.807) is 43.9 Å². The molecule has 0 unspecified atom stereocenters. The highest BCUT2D eigenvalue weighted by atomic mass is 19.4. The van der Waals surface area contributed by atoms with Gasteiger partial charge in [0, 0.05) is 28.6 Å². The van der Waals surface area contributed by atoms with Crippen molar-refractivity contribution >= 4 is 0 Å². The van der Waals surface area contributed by atoms with Crippen LogP contribution in [0.25, 0.3) is 28.1 Å². The molecule has 1 heterocycles. The molecule has 0 spiro atoms. The number of hydrogen-bond acceptors (Lipinski definition) is 2. The van der Waals surface area contributed by atoms with Crippen LogP contribution in [0.4, 0.5) is 13.2 Å². The molecule has 0 fully saturated rings. The fourth-order valence-corrected chi connectivity index (χ4v) is 4.02. The summed E-state index contributed by atoms with van der Waals surface area (Å²) in [6.45, 7) is 5.22. The van der Waals surface area contributed by atoms with E-state index in [9.17, 15) is 18.3 Å². The van der Waals surface area contributed by atoms with Gasteiger partial charge in [-0.25, -0.2) is 0 Å². The molecule has 3 nitrogen and oxygen atoms in total. The number of aromatic nitrogens is 1. The number of aryl methyl sites for hydroxylation is 1. The third-order valence-electron chi connectivity index (χ3n) is 5.85. The second-order valence-electron chi connectivity index (χ2n) is 8.84. The summed E-state index contributed by atoms with van der Waals surface area (Å²) in [4.78, 5) is 0. The number of nitrogens with zero attached hydrogens (tertiary/aromatic N) is 1. The van der Waals surface area contributed by atoms with E-state index in [0.29, 0.717) is 16.9 Å². The normalized spacial score (nSPS) is 12.1. The molecule has 0 saturated heterocycles. The van der Waals surface area contributed by atoms with Gasteiger partial charge in [-0.3, -0.25) is 0 Å². The van der Waals surface area contributed by atoms with Crippen molar-refractivity contribution in [2.24, 2.45) is 0 Å². The maximum Gasteiger partial charge on any atom is 0.417 e. The first-order valence-electron chi connectivity index (χ1n) is 10.9. The summed E-state index contributed by atoms with van der Waals surface area (Å²) < 4.78 is 48.5. The average molecular weight is 466 g/mol. The molecule has 0 aliphatic carbocycles. The molecule has 0 aliphatic rings. The fraction of sp³-hybridized carbons (Fsp3) is 0.214. The Balaban J connectivity index is 1.87. The van der Waals surface area contributed by atoms with E-state index in [1.807, 2.05) is 49.4 Å². The van der Waals surface area contributed by atoms with E-state index in [2.05, 4.69) is 0 Å². The van der Waals surface area contributed by atoms with Crippen LogP contribution in [0.15, 0.2) is 79.0 Å². The number of halogens is 3. The predicted octanol–water partition coefficient (Wildman–Crippen LogP) is 7.37. The third kappa shape index (κ3) is 4.59. The van der Waals surface area contributed by atoms with Crippen LogP contribution in [0.1, 0.15) is 30.5 Å². The summed E-state index contributed by atoms with van der Waals surface area (Å²) in [5.41, 5.74) is 2.60. The molecule has 1 N–H and O–H groups in total. The van der Waals surface area contributed by atoms with Crippen molar-refractivity contribution in [1.82, 2.24) is 4.57 Å². The Bertz CT molecular complexity index is 1310. The second-order valence-corrected chi connectivity index (χ2v) is 8.84. The maximum absolute atomic E-state index is 13.8. The standard InChI is InChI=1S/C28H26F3NO2/c1-18-9-14-26(34-4)23(15-18)19-10-12-21(13-11-19)32-17-20(27(2,3)33)16-25(32)22-7-5-6-8-24(22)28(29,30)31/h5-17,33H,1-4H3. The molecule has 0 amide bonds. The van der Waals surface area contributed by atoms with Crippen LogP contribution >= 0.6 is 0 Å². The van der Waals surface area contributed by atoms with Crippen LogP contribution in [0.3, 0.4) is 0 Å². The molecule has 1 aromatic heterocycles. The number of rotatable bonds is 5. The van der Waals surface area contributed by atoms with E-state index < -0.39 is 17.3 Å². The number of ether oxygens (including phenoxy) is 1. The van der Waals surface area contributed by atoms with Crippen LogP contribution < -0.4 is 4.74 Å². The van der Waals surface area contributed by atoms with E-state index in [1.165, 1.54) is 12.1 Å². The van der Waals surface area contributed by atoms with E-state index in [4.69, 9.17) is 4.74 Å².